The fraction of sp³-hybridized carbons (Fsp3) is 0.455. The minimum absolute atomic E-state index is 0.214. The Morgan fingerprint density at radius 3 is 2.88 bits per heavy atom. The van der Waals surface area contributed by atoms with E-state index >= 15 is 0 Å². The number of hydrogen-bond acceptors (Lipinski definition) is 3. The molecule has 2 N–H and O–H groups in total. The summed E-state index contributed by atoms with van der Waals surface area (Å²) in [6.45, 7) is 1.90. The Balaban J connectivity index is 1.82. The van der Waals surface area contributed by atoms with Gasteiger partial charge in [-0.2, -0.15) is 0 Å². The van der Waals surface area contributed by atoms with Gasteiger partial charge in [-0.3, -0.25) is 5.32 Å². The van der Waals surface area contributed by atoms with Crippen molar-refractivity contribution in [1.29, 1.82) is 0 Å². The van der Waals surface area contributed by atoms with Crippen LogP contribution in [0, 0.1) is 6.92 Å². The van der Waals surface area contributed by atoms with Gasteiger partial charge in [0.2, 0.25) is 0 Å². The summed E-state index contributed by atoms with van der Waals surface area (Å²) in [5.41, 5.74) is 2.25. The summed E-state index contributed by atoms with van der Waals surface area (Å²) >= 11 is 1.43. The van der Waals surface area contributed by atoms with Crippen molar-refractivity contribution in [2.75, 3.05) is 5.32 Å². The van der Waals surface area contributed by atoms with Crippen molar-refractivity contribution >= 4 is 22.5 Å². The van der Waals surface area contributed by atoms with Crippen molar-refractivity contribution in [2.24, 2.45) is 0 Å². The van der Waals surface area contributed by atoms with Gasteiger partial charge in [0.1, 0.15) is 0 Å². The van der Waals surface area contributed by atoms with Gasteiger partial charge < -0.3 is 5.32 Å². The van der Waals surface area contributed by atoms with Crippen molar-refractivity contribution in [3.05, 3.63) is 22.8 Å². The third kappa shape index (κ3) is 3.06. The fourth-order valence-electron chi connectivity index (χ4n) is 1.69. The normalized spacial score (nSPS) is 14.9. The van der Waals surface area contributed by atoms with Crippen LogP contribution in [0.2, 0.25) is 0 Å². The van der Waals surface area contributed by atoms with Crippen LogP contribution in [0.5, 0.6) is 0 Å². The number of allylic oxidation sites excluding steroid dienone is 1. The van der Waals surface area contributed by atoms with Crippen LogP contribution in [0.1, 0.15) is 31.4 Å². The van der Waals surface area contributed by atoms with Crippen LogP contribution in [-0.4, -0.2) is 11.0 Å². The van der Waals surface area contributed by atoms with Gasteiger partial charge in [-0.15, -0.1) is 11.3 Å². The number of carbonyl (C=O) groups excluding carboxylic acids is 1. The maximum Gasteiger partial charge on any atom is 0.325 e. The number of nitrogens with zero attached hydrogens (tertiary/aromatic N) is 1. The third-order valence-electron chi connectivity index (χ3n) is 2.49. The number of urea groups is 1. The van der Waals surface area contributed by atoms with E-state index in [-0.39, 0.29) is 6.03 Å². The Morgan fingerprint density at radius 1 is 1.50 bits per heavy atom. The molecular formula is C11H15N3OS. The van der Waals surface area contributed by atoms with Gasteiger partial charge in [-0.1, -0.05) is 5.57 Å². The molecule has 1 aliphatic rings. The van der Waals surface area contributed by atoms with E-state index in [0.29, 0.717) is 5.13 Å². The summed E-state index contributed by atoms with van der Waals surface area (Å²) in [4.78, 5) is 15.6. The Bertz CT molecular complexity index is 403. The number of carbonyl (C=O) groups is 1. The highest BCUT2D eigenvalue weighted by Gasteiger charge is 2.07. The molecule has 0 unspecified atom stereocenters. The molecule has 5 heteroatoms. The van der Waals surface area contributed by atoms with Gasteiger partial charge in [0.25, 0.3) is 0 Å². The molecule has 0 spiro atoms. The van der Waals surface area contributed by atoms with Crippen molar-refractivity contribution in [1.82, 2.24) is 10.3 Å². The fourth-order valence-corrected chi connectivity index (χ4v) is 2.37. The molecule has 0 aromatic carbocycles. The zero-order valence-electron chi connectivity index (χ0n) is 9.25. The predicted molar refractivity (Wildman–Crippen MR) is 65.6 cm³/mol. The number of rotatable bonds is 2. The molecule has 0 aliphatic heterocycles. The topological polar surface area (TPSA) is 54.0 Å². The molecule has 1 heterocycles. The molecular weight excluding hydrogens is 222 g/mol. The monoisotopic (exact) mass is 237 g/mol. The molecule has 86 valence electrons. The van der Waals surface area contributed by atoms with Crippen LogP contribution in [0.15, 0.2) is 17.2 Å². The molecule has 16 heavy (non-hydrogen) atoms. The van der Waals surface area contributed by atoms with Gasteiger partial charge in [-0.25, -0.2) is 9.78 Å². The molecule has 1 saturated carbocycles. The lowest BCUT2D eigenvalue weighted by Gasteiger charge is -2.01. The summed E-state index contributed by atoms with van der Waals surface area (Å²) in [5.74, 6) is 0. The van der Waals surface area contributed by atoms with Crippen LogP contribution in [0.4, 0.5) is 9.93 Å². The molecule has 0 radical (unpaired) electrons. The highest BCUT2D eigenvalue weighted by atomic mass is 32.1. The van der Waals surface area contributed by atoms with Crippen molar-refractivity contribution < 1.29 is 4.79 Å². The van der Waals surface area contributed by atoms with E-state index in [0.717, 1.165) is 18.5 Å². The number of amides is 2. The number of nitrogens with one attached hydrogen (secondary N) is 2. The Kier molecular flexibility index (Phi) is 3.56. The average molecular weight is 237 g/mol. The molecule has 2 amide bonds. The molecule has 4 nitrogen and oxygen atoms in total. The quantitative estimate of drug-likeness (QED) is 0.830. The van der Waals surface area contributed by atoms with E-state index in [2.05, 4.69) is 15.6 Å². The van der Waals surface area contributed by atoms with E-state index in [1.165, 1.54) is 29.8 Å². The second kappa shape index (κ2) is 5.12. The molecule has 2 rings (SSSR count). The van der Waals surface area contributed by atoms with E-state index < -0.39 is 0 Å². The van der Waals surface area contributed by atoms with Crippen molar-refractivity contribution in [3.8, 4) is 0 Å². The molecule has 1 aromatic rings. The van der Waals surface area contributed by atoms with Gasteiger partial charge >= 0.3 is 6.03 Å². The standard InChI is InChI=1S/C11H15N3OS/c1-8-7-16-11(13-8)14-10(15)12-6-9-4-2-3-5-9/h6-7H,2-5H2,1H3,(H2,12,13,14,15). The lowest BCUT2D eigenvalue weighted by molar-refractivity contribution is 0.255. The zero-order chi connectivity index (χ0) is 11.4. The Morgan fingerprint density at radius 2 is 2.25 bits per heavy atom. The number of aromatic nitrogens is 1. The van der Waals surface area contributed by atoms with E-state index in [4.69, 9.17) is 0 Å². The Hall–Kier alpha value is -1.36. The van der Waals surface area contributed by atoms with Crippen LogP contribution < -0.4 is 10.6 Å². The third-order valence-corrected chi connectivity index (χ3v) is 3.37. The summed E-state index contributed by atoms with van der Waals surface area (Å²) in [7, 11) is 0. The first kappa shape index (κ1) is 11.1. The van der Waals surface area contributed by atoms with Crippen molar-refractivity contribution in [3.63, 3.8) is 0 Å². The minimum atomic E-state index is -0.214. The summed E-state index contributed by atoms with van der Waals surface area (Å²) < 4.78 is 0. The lowest BCUT2D eigenvalue weighted by atomic mass is 10.2. The Labute approximate surface area is 98.8 Å². The summed E-state index contributed by atoms with van der Waals surface area (Å²) in [5, 5.41) is 7.98. The first-order valence-corrected chi connectivity index (χ1v) is 6.29. The lowest BCUT2D eigenvalue weighted by Crippen LogP contribution is -2.24. The SMILES string of the molecule is Cc1csc(NC(=O)NC=C2CCCC2)n1. The highest BCUT2D eigenvalue weighted by molar-refractivity contribution is 7.13. The number of aryl methyl sites for hydroxylation is 1. The van der Waals surface area contributed by atoms with Crippen LogP contribution in [0.25, 0.3) is 0 Å². The van der Waals surface area contributed by atoms with Gasteiger partial charge in [-0.05, 0) is 32.6 Å². The summed E-state index contributed by atoms with van der Waals surface area (Å²) in [6, 6.07) is -0.214. The second-order valence-electron chi connectivity index (χ2n) is 3.90. The van der Waals surface area contributed by atoms with Crippen molar-refractivity contribution in [2.45, 2.75) is 32.6 Å². The maximum absolute atomic E-state index is 11.5. The smallest absolute Gasteiger partial charge is 0.314 e. The van der Waals surface area contributed by atoms with Gasteiger partial charge in [0.05, 0.1) is 5.69 Å². The van der Waals surface area contributed by atoms with E-state index in [1.54, 1.807) is 0 Å². The first-order chi connectivity index (χ1) is 7.74. The number of thiazole rings is 1. The summed E-state index contributed by atoms with van der Waals surface area (Å²) in [6.07, 6.45) is 6.51. The first-order valence-electron chi connectivity index (χ1n) is 5.41. The largest absolute Gasteiger partial charge is 0.325 e. The van der Waals surface area contributed by atoms with Gasteiger partial charge in [0.15, 0.2) is 5.13 Å². The molecule has 1 aromatic heterocycles. The molecule has 0 bridgehead atoms. The molecule has 1 fully saturated rings. The second-order valence-corrected chi connectivity index (χ2v) is 4.76. The molecule has 0 saturated heterocycles. The predicted octanol–water partition coefficient (Wildman–Crippen LogP) is 3.03. The molecule has 0 atom stereocenters. The van der Waals surface area contributed by atoms with Crippen LogP contribution in [0.3, 0.4) is 0 Å². The number of anilines is 1. The highest BCUT2D eigenvalue weighted by Crippen LogP contribution is 2.22. The zero-order valence-corrected chi connectivity index (χ0v) is 10.1. The maximum atomic E-state index is 11.5. The minimum Gasteiger partial charge on any atom is -0.314 e. The van der Waals surface area contributed by atoms with Crippen LogP contribution >= 0.6 is 11.3 Å². The van der Waals surface area contributed by atoms with E-state index in [1.807, 2.05) is 18.5 Å². The van der Waals surface area contributed by atoms with Crippen LogP contribution in [-0.2, 0) is 0 Å². The number of hydrogen-bond donors (Lipinski definition) is 2. The van der Waals surface area contributed by atoms with Gasteiger partial charge in [0, 0.05) is 11.6 Å². The average Bonchev–Trinajstić information content (AvgIpc) is 2.87. The van der Waals surface area contributed by atoms with E-state index in [9.17, 15) is 4.79 Å². The molecule has 1 aliphatic carbocycles.